The molecule has 1 unspecified atom stereocenters. The molecule has 8 nitrogen and oxygen atoms in total. The molecular weight excluding hydrogens is 350 g/mol. The number of fused-ring (bicyclic) bond motifs is 1. The molecule has 2 aromatic rings. The number of likely N-dealkylation sites (N-methyl/N-ethyl adjacent to an activating group) is 1. The average molecular weight is 373 g/mol. The third kappa shape index (κ3) is 3.22. The molecule has 8 heteroatoms. The molecule has 2 heterocycles. The molecule has 0 N–H and O–H groups in total. The van der Waals surface area contributed by atoms with Crippen molar-refractivity contribution in [2.24, 2.45) is 0 Å². The zero-order valence-electron chi connectivity index (χ0n) is 15.9. The van der Waals surface area contributed by atoms with Crippen LogP contribution in [0.5, 0.6) is 11.5 Å². The van der Waals surface area contributed by atoms with Gasteiger partial charge in [-0.1, -0.05) is 0 Å². The molecule has 144 valence electrons. The largest absolute Gasteiger partial charge is 0.493 e. The van der Waals surface area contributed by atoms with Crippen LogP contribution in [0.15, 0.2) is 29.2 Å². The monoisotopic (exact) mass is 373 g/mol. The predicted octanol–water partition coefficient (Wildman–Crippen LogP) is 0.708. The Balaban J connectivity index is 1.92. The molecule has 2 amide bonds. The first kappa shape index (κ1) is 18.8. The number of benzene rings is 1. The van der Waals surface area contributed by atoms with Crippen molar-refractivity contribution in [2.75, 3.05) is 34.4 Å². The van der Waals surface area contributed by atoms with Crippen LogP contribution in [-0.4, -0.2) is 66.6 Å². The summed E-state index contributed by atoms with van der Waals surface area (Å²) in [5, 5.41) is 1.05. The van der Waals surface area contributed by atoms with Crippen molar-refractivity contribution >= 4 is 22.6 Å². The predicted molar refractivity (Wildman–Crippen MR) is 100 cm³/mol. The Morgan fingerprint density at radius 2 is 1.85 bits per heavy atom. The molecule has 1 aromatic carbocycles. The summed E-state index contributed by atoms with van der Waals surface area (Å²) in [4.78, 5) is 40.8. The van der Waals surface area contributed by atoms with Crippen LogP contribution in [0.1, 0.15) is 6.92 Å². The fraction of sp³-hybridized carbons (Fsp3) is 0.421. The van der Waals surface area contributed by atoms with Crippen LogP contribution < -0.4 is 15.0 Å². The molecule has 1 fully saturated rings. The zero-order valence-corrected chi connectivity index (χ0v) is 15.9. The van der Waals surface area contributed by atoms with Gasteiger partial charge in [0, 0.05) is 31.7 Å². The highest BCUT2D eigenvalue weighted by Crippen LogP contribution is 2.33. The first-order valence-corrected chi connectivity index (χ1v) is 8.67. The number of pyridine rings is 1. The lowest BCUT2D eigenvalue weighted by molar-refractivity contribution is -0.149. The number of carbonyl (C=O) groups excluding carboxylic acids is 2. The van der Waals surface area contributed by atoms with E-state index in [0.717, 1.165) is 0 Å². The number of amides is 2. The number of piperazine rings is 1. The lowest BCUT2D eigenvalue weighted by Gasteiger charge is -2.37. The van der Waals surface area contributed by atoms with Crippen molar-refractivity contribution in [1.82, 2.24) is 14.4 Å². The van der Waals surface area contributed by atoms with E-state index < -0.39 is 6.04 Å². The van der Waals surface area contributed by atoms with Gasteiger partial charge in [0.15, 0.2) is 11.5 Å². The Bertz CT molecular complexity index is 952. The van der Waals surface area contributed by atoms with Crippen molar-refractivity contribution in [3.05, 3.63) is 34.7 Å². The third-order valence-corrected chi connectivity index (χ3v) is 5.00. The Kier molecular flexibility index (Phi) is 5.07. The fourth-order valence-corrected chi connectivity index (χ4v) is 3.41. The third-order valence-electron chi connectivity index (χ3n) is 5.00. The van der Waals surface area contributed by atoms with Gasteiger partial charge in [-0.05, 0) is 25.1 Å². The van der Waals surface area contributed by atoms with E-state index >= 15 is 0 Å². The van der Waals surface area contributed by atoms with Crippen molar-refractivity contribution in [2.45, 2.75) is 19.5 Å². The maximum Gasteiger partial charge on any atom is 0.259 e. The van der Waals surface area contributed by atoms with Gasteiger partial charge >= 0.3 is 0 Å². The number of nitrogens with zero attached hydrogens (tertiary/aromatic N) is 3. The highest BCUT2D eigenvalue weighted by Gasteiger charge is 2.32. The number of hydrogen-bond acceptors (Lipinski definition) is 5. The number of ether oxygens (including phenoxy) is 2. The lowest BCUT2D eigenvalue weighted by atomic mass is 10.1. The molecule has 1 saturated heterocycles. The van der Waals surface area contributed by atoms with Crippen LogP contribution in [0.2, 0.25) is 0 Å². The molecular formula is C19H23N3O5. The Hall–Kier alpha value is -3.03. The SMILES string of the molecule is COc1ccc2c(=O)n(CC(=O)N3CCN(C)C(=O)C3C)ccc2c1OC. The van der Waals surface area contributed by atoms with Gasteiger partial charge in [0.1, 0.15) is 12.6 Å². The van der Waals surface area contributed by atoms with Crippen molar-refractivity contribution in [3.63, 3.8) is 0 Å². The summed E-state index contributed by atoms with van der Waals surface area (Å²) >= 11 is 0. The van der Waals surface area contributed by atoms with Gasteiger partial charge in [-0.15, -0.1) is 0 Å². The van der Waals surface area contributed by atoms with Crippen LogP contribution in [0.3, 0.4) is 0 Å². The maximum absolute atomic E-state index is 12.8. The van der Waals surface area contributed by atoms with Crippen molar-refractivity contribution in [1.29, 1.82) is 0 Å². The van der Waals surface area contributed by atoms with Crippen molar-refractivity contribution < 1.29 is 19.1 Å². The molecule has 0 aliphatic carbocycles. The summed E-state index contributed by atoms with van der Waals surface area (Å²) in [7, 11) is 4.76. The normalized spacial score (nSPS) is 17.3. The summed E-state index contributed by atoms with van der Waals surface area (Å²) in [6.07, 6.45) is 1.56. The molecule has 0 saturated carbocycles. The van der Waals surface area contributed by atoms with Gasteiger partial charge in [-0.2, -0.15) is 0 Å². The number of carbonyl (C=O) groups is 2. The van der Waals surface area contributed by atoms with E-state index in [1.807, 2.05) is 0 Å². The lowest BCUT2D eigenvalue weighted by Crippen LogP contribution is -2.57. The maximum atomic E-state index is 12.8. The van der Waals surface area contributed by atoms with Gasteiger partial charge in [-0.25, -0.2) is 0 Å². The standard InChI is InChI=1S/C19H23N3O5/c1-12-18(24)20(2)9-10-22(12)16(23)11-21-8-7-13-14(19(21)25)5-6-15(26-3)17(13)27-4/h5-8,12H,9-11H2,1-4H3. The number of aromatic nitrogens is 1. The minimum atomic E-state index is -0.531. The molecule has 0 spiro atoms. The van der Waals surface area contributed by atoms with E-state index in [9.17, 15) is 14.4 Å². The topological polar surface area (TPSA) is 81.1 Å². The van der Waals surface area contributed by atoms with E-state index in [4.69, 9.17) is 9.47 Å². The second kappa shape index (κ2) is 7.30. The summed E-state index contributed by atoms with van der Waals surface area (Å²) in [5.74, 6) is 0.648. The summed E-state index contributed by atoms with van der Waals surface area (Å²) < 4.78 is 12.0. The van der Waals surface area contributed by atoms with Gasteiger partial charge in [0.2, 0.25) is 11.8 Å². The van der Waals surface area contributed by atoms with E-state index in [1.165, 1.54) is 23.7 Å². The Morgan fingerprint density at radius 3 is 2.52 bits per heavy atom. The minimum absolute atomic E-state index is 0.0997. The quantitative estimate of drug-likeness (QED) is 0.788. The highest BCUT2D eigenvalue weighted by molar-refractivity contribution is 5.91. The Labute approximate surface area is 156 Å². The number of methoxy groups -OCH3 is 2. The van der Waals surface area contributed by atoms with Crippen LogP contribution >= 0.6 is 0 Å². The van der Waals surface area contributed by atoms with Crippen molar-refractivity contribution in [3.8, 4) is 11.5 Å². The molecule has 1 atom stereocenters. The van der Waals surface area contributed by atoms with E-state index in [1.54, 1.807) is 43.3 Å². The number of rotatable bonds is 4. The molecule has 0 bridgehead atoms. The van der Waals surface area contributed by atoms with E-state index in [-0.39, 0.29) is 23.9 Å². The molecule has 3 rings (SSSR count). The summed E-state index contributed by atoms with van der Waals surface area (Å²) in [6.45, 7) is 2.52. The smallest absolute Gasteiger partial charge is 0.259 e. The number of hydrogen-bond donors (Lipinski definition) is 0. The van der Waals surface area contributed by atoms with Crippen LogP contribution in [0, 0.1) is 0 Å². The van der Waals surface area contributed by atoms with Crippen LogP contribution in [-0.2, 0) is 16.1 Å². The van der Waals surface area contributed by atoms with Crippen LogP contribution in [0.25, 0.3) is 10.8 Å². The summed E-state index contributed by atoms with van der Waals surface area (Å²) in [6, 6.07) is 4.51. The highest BCUT2D eigenvalue weighted by atomic mass is 16.5. The fourth-order valence-electron chi connectivity index (χ4n) is 3.41. The first-order valence-electron chi connectivity index (χ1n) is 8.67. The second-order valence-electron chi connectivity index (χ2n) is 6.53. The summed E-state index contributed by atoms with van der Waals surface area (Å²) in [5.41, 5.74) is -0.296. The minimum Gasteiger partial charge on any atom is -0.493 e. The molecule has 1 aliphatic rings. The van der Waals surface area contributed by atoms with Gasteiger partial charge in [0.05, 0.1) is 19.6 Å². The van der Waals surface area contributed by atoms with Gasteiger partial charge in [-0.3, -0.25) is 14.4 Å². The Morgan fingerprint density at radius 1 is 1.11 bits per heavy atom. The van der Waals surface area contributed by atoms with Crippen LogP contribution in [0.4, 0.5) is 0 Å². The molecule has 1 aromatic heterocycles. The molecule has 0 radical (unpaired) electrons. The van der Waals surface area contributed by atoms with Gasteiger partial charge in [0.25, 0.3) is 5.56 Å². The zero-order chi connectivity index (χ0) is 19.7. The molecule has 27 heavy (non-hydrogen) atoms. The molecule has 1 aliphatic heterocycles. The van der Waals surface area contributed by atoms with Gasteiger partial charge < -0.3 is 23.8 Å². The second-order valence-corrected chi connectivity index (χ2v) is 6.53. The first-order chi connectivity index (χ1) is 12.9. The van der Waals surface area contributed by atoms with E-state index in [2.05, 4.69) is 0 Å². The van der Waals surface area contributed by atoms with E-state index in [0.29, 0.717) is 35.4 Å². The average Bonchev–Trinajstić information content (AvgIpc) is 2.67.